The van der Waals surface area contributed by atoms with Gasteiger partial charge in [-0.1, -0.05) is 6.07 Å². The minimum absolute atomic E-state index is 0.156. The zero-order valence-corrected chi connectivity index (χ0v) is 12.6. The molecule has 1 heterocycles. The van der Waals surface area contributed by atoms with Crippen LogP contribution >= 0.6 is 27.3 Å². The van der Waals surface area contributed by atoms with Crippen molar-refractivity contribution in [2.24, 2.45) is 0 Å². The molecular formula is C13H12BrNO3S. The van der Waals surface area contributed by atoms with Gasteiger partial charge >= 0.3 is 5.97 Å². The molecule has 6 heteroatoms. The molecule has 1 N–H and O–H groups in total. The second-order valence-electron chi connectivity index (χ2n) is 3.88. The van der Waals surface area contributed by atoms with Crippen LogP contribution in [0.15, 0.2) is 28.2 Å². The van der Waals surface area contributed by atoms with E-state index < -0.39 is 5.97 Å². The molecule has 0 unspecified atom stereocenters. The molecule has 0 saturated heterocycles. The predicted octanol–water partition coefficient (Wildman–Crippen LogP) is 3.53. The standard InChI is InChI=1S/C13H12BrNO3S/c1-8-11(19-7-15-8)5-6-18-10-4-2-3-9(14)12(10)13(16)17/h2-4,7H,5-6H2,1H3,(H,16,17). The normalized spacial score (nSPS) is 10.4. The number of rotatable bonds is 5. The second kappa shape index (κ2) is 6.16. The molecule has 0 radical (unpaired) electrons. The van der Waals surface area contributed by atoms with Gasteiger partial charge in [-0.2, -0.15) is 0 Å². The summed E-state index contributed by atoms with van der Waals surface area (Å²) in [5, 5.41) is 9.16. The first kappa shape index (κ1) is 14.0. The van der Waals surface area contributed by atoms with Crippen molar-refractivity contribution in [2.75, 3.05) is 6.61 Å². The number of carbonyl (C=O) groups is 1. The highest BCUT2D eigenvalue weighted by Crippen LogP contribution is 2.27. The quantitative estimate of drug-likeness (QED) is 0.903. The summed E-state index contributed by atoms with van der Waals surface area (Å²) in [5.74, 6) is -0.625. The molecule has 0 amide bonds. The minimum atomic E-state index is -1.00. The number of thiazole rings is 1. The summed E-state index contributed by atoms with van der Waals surface area (Å²) in [6.45, 7) is 2.38. The van der Waals surface area contributed by atoms with Crippen molar-refractivity contribution in [2.45, 2.75) is 13.3 Å². The number of nitrogens with zero attached hydrogens (tertiary/aromatic N) is 1. The number of ether oxygens (including phenoxy) is 1. The van der Waals surface area contributed by atoms with Crippen LogP contribution in [0, 0.1) is 6.92 Å². The van der Waals surface area contributed by atoms with Crippen LogP contribution < -0.4 is 4.74 Å². The van der Waals surface area contributed by atoms with Gasteiger partial charge in [0.2, 0.25) is 0 Å². The number of benzene rings is 1. The molecule has 0 fully saturated rings. The zero-order valence-electron chi connectivity index (χ0n) is 10.2. The molecule has 0 aliphatic heterocycles. The van der Waals surface area contributed by atoms with Crippen LogP contribution in [0.25, 0.3) is 0 Å². The van der Waals surface area contributed by atoms with Crippen molar-refractivity contribution < 1.29 is 14.6 Å². The molecule has 0 spiro atoms. The fourth-order valence-electron chi connectivity index (χ4n) is 1.65. The number of carboxylic acids is 1. The van der Waals surface area contributed by atoms with Gasteiger partial charge < -0.3 is 9.84 Å². The Hall–Kier alpha value is -1.40. The van der Waals surface area contributed by atoms with Gasteiger partial charge in [-0.05, 0) is 35.0 Å². The lowest BCUT2D eigenvalue weighted by atomic mass is 10.2. The Morgan fingerprint density at radius 3 is 2.95 bits per heavy atom. The lowest BCUT2D eigenvalue weighted by molar-refractivity contribution is 0.0691. The van der Waals surface area contributed by atoms with Crippen molar-refractivity contribution in [3.8, 4) is 5.75 Å². The average Bonchev–Trinajstić information content (AvgIpc) is 2.75. The van der Waals surface area contributed by atoms with Gasteiger partial charge in [0, 0.05) is 15.8 Å². The smallest absolute Gasteiger partial charge is 0.340 e. The Morgan fingerprint density at radius 1 is 1.53 bits per heavy atom. The maximum atomic E-state index is 11.2. The zero-order chi connectivity index (χ0) is 13.8. The first-order valence-electron chi connectivity index (χ1n) is 5.63. The van der Waals surface area contributed by atoms with Gasteiger partial charge in [-0.25, -0.2) is 9.78 Å². The van der Waals surface area contributed by atoms with Crippen LogP contribution in [-0.2, 0) is 6.42 Å². The molecule has 19 heavy (non-hydrogen) atoms. The number of aromatic carboxylic acids is 1. The number of aromatic nitrogens is 1. The minimum Gasteiger partial charge on any atom is -0.492 e. The maximum absolute atomic E-state index is 11.2. The maximum Gasteiger partial charge on any atom is 0.340 e. The third-order valence-corrected chi connectivity index (χ3v) is 4.28. The summed E-state index contributed by atoms with van der Waals surface area (Å²) in [6.07, 6.45) is 0.724. The molecule has 1 aromatic carbocycles. The SMILES string of the molecule is Cc1ncsc1CCOc1cccc(Br)c1C(=O)O. The van der Waals surface area contributed by atoms with Gasteiger partial charge in [-0.15, -0.1) is 11.3 Å². The van der Waals surface area contributed by atoms with Gasteiger partial charge in [0.25, 0.3) is 0 Å². The highest BCUT2D eigenvalue weighted by Gasteiger charge is 2.15. The third kappa shape index (κ3) is 3.33. The Balaban J connectivity index is 2.06. The number of hydrogen-bond donors (Lipinski definition) is 1. The highest BCUT2D eigenvalue weighted by atomic mass is 79.9. The molecule has 0 atom stereocenters. The topological polar surface area (TPSA) is 59.4 Å². The molecule has 2 aromatic rings. The number of carboxylic acid groups (broad SMARTS) is 1. The lowest BCUT2D eigenvalue weighted by Gasteiger charge is -2.09. The number of halogens is 1. The molecule has 0 aliphatic rings. The molecule has 0 saturated carbocycles. The van der Waals surface area contributed by atoms with Crippen molar-refractivity contribution in [3.05, 3.63) is 44.3 Å². The van der Waals surface area contributed by atoms with Crippen LogP contribution in [0.1, 0.15) is 20.9 Å². The van der Waals surface area contributed by atoms with E-state index in [9.17, 15) is 4.79 Å². The van der Waals surface area contributed by atoms with E-state index in [1.165, 1.54) is 0 Å². The third-order valence-electron chi connectivity index (χ3n) is 2.62. The van der Waals surface area contributed by atoms with E-state index in [-0.39, 0.29) is 5.56 Å². The van der Waals surface area contributed by atoms with Crippen LogP contribution in [0.3, 0.4) is 0 Å². The number of hydrogen-bond acceptors (Lipinski definition) is 4. The molecule has 0 bridgehead atoms. The second-order valence-corrected chi connectivity index (χ2v) is 5.67. The van der Waals surface area contributed by atoms with Crippen LogP contribution in [0.2, 0.25) is 0 Å². The van der Waals surface area contributed by atoms with Crippen LogP contribution in [-0.4, -0.2) is 22.7 Å². The summed E-state index contributed by atoms with van der Waals surface area (Å²) < 4.78 is 6.10. The van der Waals surface area contributed by atoms with Gasteiger partial charge in [-0.3, -0.25) is 0 Å². The highest BCUT2D eigenvalue weighted by molar-refractivity contribution is 9.10. The van der Waals surface area contributed by atoms with Crippen molar-refractivity contribution in [1.82, 2.24) is 4.98 Å². The fraction of sp³-hybridized carbons (Fsp3) is 0.231. The van der Waals surface area contributed by atoms with E-state index in [0.717, 1.165) is 17.0 Å². The first-order chi connectivity index (χ1) is 9.09. The molecule has 100 valence electrons. The average molecular weight is 342 g/mol. The summed E-state index contributed by atoms with van der Waals surface area (Å²) in [7, 11) is 0. The Labute approximate surface area is 123 Å². The van der Waals surface area contributed by atoms with E-state index in [1.54, 1.807) is 35.0 Å². The van der Waals surface area contributed by atoms with Crippen molar-refractivity contribution in [3.63, 3.8) is 0 Å². The van der Waals surface area contributed by atoms with E-state index in [4.69, 9.17) is 9.84 Å². The van der Waals surface area contributed by atoms with Gasteiger partial charge in [0.05, 0.1) is 17.8 Å². The van der Waals surface area contributed by atoms with Crippen molar-refractivity contribution in [1.29, 1.82) is 0 Å². The molecule has 1 aromatic heterocycles. The van der Waals surface area contributed by atoms with Gasteiger partial charge in [0.1, 0.15) is 11.3 Å². The summed E-state index contributed by atoms with van der Waals surface area (Å²) in [6, 6.07) is 5.10. The summed E-state index contributed by atoms with van der Waals surface area (Å²) in [4.78, 5) is 16.5. The molecule has 0 aliphatic carbocycles. The Kier molecular flexibility index (Phi) is 4.55. The van der Waals surface area contributed by atoms with E-state index in [1.807, 2.05) is 6.92 Å². The van der Waals surface area contributed by atoms with Crippen LogP contribution in [0.4, 0.5) is 0 Å². The lowest BCUT2D eigenvalue weighted by Crippen LogP contribution is -2.07. The fourth-order valence-corrected chi connectivity index (χ4v) is 2.93. The molecule has 2 rings (SSSR count). The predicted molar refractivity (Wildman–Crippen MR) is 77.2 cm³/mol. The largest absolute Gasteiger partial charge is 0.492 e. The van der Waals surface area contributed by atoms with E-state index in [0.29, 0.717) is 16.8 Å². The first-order valence-corrected chi connectivity index (χ1v) is 7.30. The van der Waals surface area contributed by atoms with Crippen molar-refractivity contribution >= 4 is 33.2 Å². The van der Waals surface area contributed by atoms with E-state index in [2.05, 4.69) is 20.9 Å². The molecule has 4 nitrogen and oxygen atoms in total. The Morgan fingerprint density at radius 2 is 2.32 bits per heavy atom. The molecular weight excluding hydrogens is 330 g/mol. The number of aryl methyl sites for hydroxylation is 1. The summed E-state index contributed by atoms with van der Waals surface area (Å²) >= 11 is 4.80. The monoisotopic (exact) mass is 341 g/mol. The van der Waals surface area contributed by atoms with Gasteiger partial charge in [0.15, 0.2) is 0 Å². The van der Waals surface area contributed by atoms with Crippen LogP contribution in [0.5, 0.6) is 5.75 Å². The summed E-state index contributed by atoms with van der Waals surface area (Å²) in [5.41, 5.74) is 2.96. The van der Waals surface area contributed by atoms with E-state index >= 15 is 0 Å². The Bertz CT molecular complexity index is 597.